The Morgan fingerprint density at radius 2 is 2.24 bits per heavy atom. The summed E-state index contributed by atoms with van der Waals surface area (Å²) in [6, 6.07) is 6.23. The van der Waals surface area contributed by atoms with E-state index in [1.54, 1.807) is 31.2 Å². The number of anilines is 1. The van der Waals surface area contributed by atoms with E-state index in [0.29, 0.717) is 21.3 Å². The normalized spacial score (nSPS) is 20.5. The molecule has 0 saturated carbocycles. The van der Waals surface area contributed by atoms with Gasteiger partial charge in [-0.3, -0.25) is 14.2 Å². The Morgan fingerprint density at radius 3 is 2.93 bits per heavy atom. The number of thioether (sulfide) groups is 1. The molecule has 1 aromatic rings. The van der Waals surface area contributed by atoms with E-state index in [1.165, 1.54) is 11.8 Å². The van der Waals surface area contributed by atoms with Gasteiger partial charge in [0.25, 0.3) is 5.91 Å². The van der Waals surface area contributed by atoms with Crippen LogP contribution < -0.4 is 10.7 Å². The van der Waals surface area contributed by atoms with Gasteiger partial charge in [-0.2, -0.15) is 4.99 Å². The third kappa shape index (κ3) is 5.57. The molecule has 1 amide bonds. The highest BCUT2D eigenvalue weighted by atomic mass is 32.2. The van der Waals surface area contributed by atoms with Crippen LogP contribution in [0, 0.1) is 5.92 Å². The van der Waals surface area contributed by atoms with E-state index in [9.17, 15) is 19.1 Å². The molecule has 9 heteroatoms. The lowest BCUT2D eigenvalue weighted by Crippen LogP contribution is -2.45. The maximum Gasteiger partial charge on any atom is 0.326 e. The van der Waals surface area contributed by atoms with E-state index in [0.717, 1.165) is 25.9 Å². The van der Waals surface area contributed by atoms with Crippen LogP contribution in [0.25, 0.3) is 6.08 Å². The SMILES string of the molecule is CC(CF)C[C@H](Nc1ccccc1C=C1SC(N2CCCCN2)=NC1=O)C(=O)O. The number of halogens is 1. The van der Waals surface area contributed by atoms with E-state index < -0.39 is 18.7 Å². The van der Waals surface area contributed by atoms with Gasteiger partial charge in [-0.05, 0) is 54.6 Å². The summed E-state index contributed by atoms with van der Waals surface area (Å²) in [5.41, 5.74) is 4.50. The van der Waals surface area contributed by atoms with Crippen LogP contribution in [-0.4, -0.2) is 53.0 Å². The molecule has 3 N–H and O–H groups in total. The molecule has 1 aromatic carbocycles. The van der Waals surface area contributed by atoms with Gasteiger partial charge in [0.2, 0.25) is 0 Å². The van der Waals surface area contributed by atoms with Gasteiger partial charge in [0.1, 0.15) is 6.04 Å². The summed E-state index contributed by atoms with van der Waals surface area (Å²) in [6.07, 6.45) is 4.02. The minimum Gasteiger partial charge on any atom is -0.480 e. The third-order valence-electron chi connectivity index (χ3n) is 4.73. The zero-order chi connectivity index (χ0) is 20.8. The number of hydrazine groups is 1. The number of hydrogen-bond acceptors (Lipinski definition) is 6. The van der Waals surface area contributed by atoms with Gasteiger partial charge in [-0.25, -0.2) is 10.2 Å². The number of carbonyl (C=O) groups excluding carboxylic acids is 1. The number of hydrogen-bond donors (Lipinski definition) is 3. The van der Waals surface area contributed by atoms with E-state index >= 15 is 0 Å². The molecule has 29 heavy (non-hydrogen) atoms. The summed E-state index contributed by atoms with van der Waals surface area (Å²) in [5.74, 6) is -1.72. The number of para-hydroxylation sites is 1. The fourth-order valence-electron chi connectivity index (χ4n) is 3.13. The molecule has 2 heterocycles. The number of carboxylic acid groups (broad SMARTS) is 1. The number of aliphatic carboxylic acids is 1. The molecule has 0 bridgehead atoms. The van der Waals surface area contributed by atoms with Crippen molar-refractivity contribution in [2.45, 2.75) is 32.2 Å². The molecule has 2 aliphatic rings. The second kappa shape index (κ2) is 9.89. The third-order valence-corrected chi connectivity index (χ3v) is 5.73. The van der Waals surface area contributed by atoms with Crippen LogP contribution in [-0.2, 0) is 9.59 Å². The van der Waals surface area contributed by atoms with Gasteiger partial charge in [0.15, 0.2) is 5.17 Å². The van der Waals surface area contributed by atoms with Crippen molar-refractivity contribution in [3.8, 4) is 0 Å². The first-order valence-electron chi connectivity index (χ1n) is 9.66. The average Bonchev–Trinajstić information content (AvgIpc) is 3.09. The molecular formula is C20H25FN4O3S. The number of amides is 1. The van der Waals surface area contributed by atoms with E-state index in [1.807, 2.05) is 11.1 Å². The maximum atomic E-state index is 12.8. The Labute approximate surface area is 173 Å². The largest absolute Gasteiger partial charge is 0.480 e. The molecule has 1 fully saturated rings. The fraction of sp³-hybridized carbons (Fsp3) is 0.450. The van der Waals surface area contributed by atoms with Gasteiger partial charge >= 0.3 is 5.97 Å². The Morgan fingerprint density at radius 1 is 1.45 bits per heavy atom. The highest BCUT2D eigenvalue weighted by Gasteiger charge is 2.27. The van der Waals surface area contributed by atoms with Crippen LogP contribution >= 0.6 is 11.8 Å². The number of nitrogens with one attached hydrogen (secondary N) is 2. The molecule has 1 saturated heterocycles. The van der Waals surface area contributed by atoms with Gasteiger partial charge in [0.05, 0.1) is 11.6 Å². The fourth-order valence-corrected chi connectivity index (χ4v) is 4.04. The Hall–Kier alpha value is -2.39. The van der Waals surface area contributed by atoms with Gasteiger partial charge in [-0.15, -0.1) is 0 Å². The van der Waals surface area contributed by atoms with Crippen LogP contribution in [0.3, 0.4) is 0 Å². The monoisotopic (exact) mass is 420 g/mol. The van der Waals surface area contributed by atoms with Crippen LogP contribution in [0.5, 0.6) is 0 Å². The first kappa shape index (κ1) is 21.3. The number of carboxylic acids is 1. The summed E-state index contributed by atoms with van der Waals surface area (Å²) in [5, 5.41) is 15.0. The van der Waals surface area contributed by atoms with Crippen molar-refractivity contribution in [1.82, 2.24) is 10.4 Å². The lowest BCUT2D eigenvalue weighted by Gasteiger charge is -2.28. The summed E-state index contributed by atoms with van der Waals surface area (Å²) < 4.78 is 12.8. The second-order valence-electron chi connectivity index (χ2n) is 7.19. The quantitative estimate of drug-likeness (QED) is 0.584. The molecule has 0 aromatic heterocycles. The molecule has 0 aliphatic carbocycles. The smallest absolute Gasteiger partial charge is 0.326 e. The van der Waals surface area contributed by atoms with E-state index in [4.69, 9.17) is 0 Å². The number of carbonyl (C=O) groups is 2. The zero-order valence-electron chi connectivity index (χ0n) is 16.2. The minimum atomic E-state index is -1.04. The number of nitrogens with zero attached hydrogens (tertiary/aromatic N) is 2. The molecule has 1 unspecified atom stereocenters. The number of aliphatic imine (C=N–C) groups is 1. The Kier molecular flexibility index (Phi) is 7.27. The Balaban J connectivity index is 1.76. The number of alkyl halides is 1. The van der Waals surface area contributed by atoms with Crippen molar-refractivity contribution in [3.63, 3.8) is 0 Å². The molecule has 2 aliphatic heterocycles. The highest BCUT2D eigenvalue weighted by molar-refractivity contribution is 8.18. The molecular weight excluding hydrogens is 395 g/mol. The van der Waals surface area contributed by atoms with E-state index in [-0.39, 0.29) is 18.2 Å². The topological polar surface area (TPSA) is 94.0 Å². The molecule has 0 radical (unpaired) electrons. The zero-order valence-corrected chi connectivity index (χ0v) is 17.0. The maximum absolute atomic E-state index is 12.8. The number of amidine groups is 1. The average molecular weight is 421 g/mol. The van der Waals surface area contributed by atoms with Crippen LogP contribution in [0.4, 0.5) is 10.1 Å². The summed E-state index contributed by atoms with van der Waals surface area (Å²) >= 11 is 1.30. The standard InChI is InChI=1S/C20H25FN4O3S/c1-13(12-21)10-16(19(27)28)23-15-7-3-2-6-14(15)11-17-18(26)24-20(29-17)25-9-5-4-8-22-25/h2-3,6-7,11,13,16,22-23H,4-5,8-10,12H2,1H3,(H,27,28)/t13?,16-/m0/s1. The van der Waals surface area contributed by atoms with Crippen molar-refractivity contribution < 1.29 is 19.1 Å². The van der Waals surface area contributed by atoms with Crippen molar-refractivity contribution in [2.75, 3.05) is 25.1 Å². The van der Waals surface area contributed by atoms with E-state index in [2.05, 4.69) is 15.7 Å². The van der Waals surface area contributed by atoms with Crippen molar-refractivity contribution in [1.29, 1.82) is 0 Å². The lowest BCUT2D eigenvalue weighted by atomic mass is 10.0. The molecule has 3 rings (SSSR count). The van der Waals surface area contributed by atoms with Crippen LogP contribution in [0.15, 0.2) is 34.2 Å². The minimum absolute atomic E-state index is 0.165. The highest BCUT2D eigenvalue weighted by Crippen LogP contribution is 2.32. The van der Waals surface area contributed by atoms with Crippen LogP contribution in [0.1, 0.15) is 31.7 Å². The molecule has 2 atom stereocenters. The number of rotatable bonds is 7. The van der Waals surface area contributed by atoms with Gasteiger partial charge < -0.3 is 10.4 Å². The van der Waals surface area contributed by atoms with Crippen molar-refractivity contribution in [2.24, 2.45) is 10.9 Å². The summed E-state index contributed by atoms with van der Waals surface area (Å²) in [4.78, 5) is 28.6. The van der Waals surface area contributed by atoms with Crippen molar-refractivity contribution in [3.05, 3.63) is 34.7 Å². The summed E-state index contributed by atoms with van der Waals surface area (Å²) in [7, 11) is 0. The van der Waals surface area contributed by atoms with Crippen molar-refractivity contribution >= 4 is 40.6 Å². The molecule has 156 valence electrons. The number of benzene rings is 1. The predicted octanol–water partition coefficient (Wildman–Crippen LogP) is 3.12. The summed E-state index contributed by atoms with van der Waals surface area (Å²) in [6.45, 7) is 2.75. The molecule has 7 nitrogen and oxygen atoms in total. The van der Waals surface area contributed by atoms with Gasteiger partial charge in [-0.1, -0.05) is 25.1 Å². The van der Waals surface area contributed by atoms with Gasteiger partial charge in [0, 0.05) is 18.8 Å². The predicted molar refractivity (Wildman–Crippen MR) is 113 cm³/mol. The Bertz CT molecular complexity index is 824. The first-order chi connectivity index (χ1) is 14.0. The lowest BCUT2D eigenvalue weighted by molar-refractivity contribution is -0.138. The van der Waals surface area contributed by atoms with Crippen LogP contribution in [0.2, 0.25) is 0 Å². The second-order valence-corrected chi connectivity index (χ2v) is 8.20. The first-order valence-corrected chi connectivity index (χ1v) is 10.5. The molecule has 0 spiro atoms.